The molecule has 8 nitrogen and oxygen atoms in total. The number of ether oxygens (including phenoxy) is 3. The summed E-state index contributed by atoms with van der Waals surface area (Å²) in [7, 11) is 3.10. The number of aryl methyl sites for hydroxylation is 1. The van der Waals surface area contributed by atoms with Crippen LogP contribution in [0, 0.1) is 6.92 Å². The second-order valence-electron chi connectivity index (χ2n) is 9.14. The summed E-state index contributed by atoms with van der Waals surface area (Å²) in [6.45, 7) is 6.72. The SMILES string of the molecule is CCC(CC(=O)OC)c1ccc(N(CCOC)C2CCOCC2)c(NC(=O)Nc2ccc(C)cc2)c1. The first-order chi connectivity index (χ1) is 17.4. The van der Waals surface area contributed by atoms with Gasteiger partial charge in [0.2, 0.25) is 0 Å². The Bertz CT molecular complexity index is 989. The van der Waals surface area contributed by atoms with Crippen LogP contribution in [-0.2, 0) is 19.0 Å². The highest BCUT2D eigenvalue weighted by Gasteiger charge is 2.25. The van der Waals surface area contributed by atoms with Crippen LogP contribution in [-0.4, -0.2) is 58.6 Å². The van der Waals surface area contributed by atoms with Crippen molar-refractivity contribution in [1.82, 2.24) is 0 Å². The summed E-state index contributed by atoms with van der Waals surface area (Å²) in [6, 6.07) is 13.7. The smallest absolute Gasteiger partial charge is 0.323 e. The predicted octanol–water partition coefficient (Wildman–Crippen LogP) is 5.33. The van der Waals surface area contributed by atoms with E-state index in [0.29, 0.717) is 37.7 Å². The van der Waals surface area contributed by atoms with Crippen molar-refractivity contribution in [3.05, 3.63) is 53.6 Å². The summed E-state index contributed by atoms with van der Waals surface area (Å²) in [5, 5.41) is 6.00. The van der Waals surface area contributed by atoms with Crippen molar-refractivity contribution < 1.29 is 23.8 Å². The van der Waals surface area contributed by atoms with Crippen LogP contribution in [0.5, 0.6) is 0 Å². The molecule has 1 saturated heterocycles. The molecule has 0 spiro atoms. The molecule has 0 saturated carbocycles. The van der Waals surface area contributed by atoms with Crippen LogP contribution in [0.3, 0.4) is 0 Å². The van der Waals surface area contributed by atoms with Gasteiger partial charge in [0, 0.05) is 38.6 Å². The van der Waals surface area contributed by atoms with Crippen molar-refractivity contribution in [2.24, 2.45) is 0 Å². The Kier molecular flexibility index (Phi) is 10.6. The van der Waals surface area contributed by atoms with E-state index in [1.54, 1.807) is 7.11 Å². The number of hydrogen-bond donors (Lipinski definition) is 2. The molecule has 2 aromatic rings. The number of nitrogens with zero attached hydrogens (tertiary/aromatic N) is 1. The Morgan fingerprint density at radius 2 is 1.81 bits per heavy atom. The highest BCUT2D eigenvalue weighted by atomic mass is 16.5. The number of methoxy groups -OCH3 is 2. The van der Waals surface area contributed by atoms with E-state index in [4.69, 9.17) is 14.2 Å². The Balaban J connectivity index is 1.94. The lowest BCUT2D eigenvalue weighted by Crippen LogP contribution is -2.42. The number of benzene rings is 2. The first-order valence-corrected chi connectivity index (χ1v) is 12.6. The average molecular weight is 498 g/mol. The lowest BCUT2D eigenvalue weighted by Gasteiger charge is -2.37. The van der Waals surface area contributed by atoms with Gasteiger partial charge < -0.3 is 29.7 Å². The van der Waals surface area contributed by atoms with E-state index < -0.39 is 0 Å². The maximum absolute atomic E-state index is 13.0. The minimum atomic E-state index is -0.322. The van der Waals surface area contributed by atoms with Crippen LogP contribution >= 0.6 is 0 Å². The minimum absolute atomic E-state index is 0.0114. The van der Waals surface area contributed by atoms with E-state index in [2.05, 4.69) is 21.6 Å². The van der Waals surface area contributed by atoms with Crippen LogP contribution in [0.2, 0.25) is 0 Å². The molecule has 1 aliphatic heterocycles. The molecule has 2 aromatic carbocycles. The number of amides is 2. The van der Waals surface area contributed by atoms with E-state index in [9.17, 15) is 9.59 Å². The molecule has 0 bridgehead atoms. The Morgan fingerprint density at radius 3 is 2.44 bits per heavy atom. The molecule has 36 heavy (non-hydrogen) atoms. The summed E-state index contributed by atoms with van der Waals surface area (Å²) in [5.74, 6) is -0.260. The molecule has 1 fully saturated rings. The molecule has 1 heterocycles. The maximum Gasteiger partial charge on any atom is 0.323 e. The predicted molar refractivity (Wildman–Crippen MR) is 143 cm³/mol. The van der Waals surface area contributed by atoms with Crippen molar-refractivity contribution in [2.45, 2.75) is 51.5 Å². The average Bonchev–Trinajstić information content (AvgIpc) is 2.90. The number of carbonyl (C=O) groups excluding carboxylic acids is 2. The molecule has 1 aliphatic rings. The number of hydrogen-bond acceptors (Lipinski definition) is 6. The fourth-order valence-corrected chi connectivity index (χ4v) is 4.55. The summed E-state index contributed by atoms with van der Waals surface area (Å²) in [5.41, 5.74) is 4.44. The van der Waals surface area contributed by atoms with Gasteiger partial charge in [-0.05, 0) is 61.9 Å². The first-order valence-electron chi connectivity index (χ1n) is 12.6. The van der Waals surface area contributed by atoms with Gasteiger partial charge in [-0.2, -0.15) is 0 Å². The van der Waals surface area contributed by atoms with Gasteiger partial charge >= 0.3 is 12.0 Å². The highest BCUT2D eigenvalue weighted by Crippen LogP contribution is 2.35. The second kappa shape index (κ2) is 13.8. The molecule has 0 aromatic heterocycles. The summed E-state index contributed by atoms with van der Waals surface area (Å²) in [6.07, 6.45) is 2.87. The second-order valence-corrected chi connectivity index (χ2v) is 9.14. The molecular weight excluding hydrogens is 458 g/mol. The first kappa shape index (κ1) is 27.5. The topological polar surface area (TPSA) is 89.1 Å². The van der Waals surface area contributed by atoms with Crippen LogP contribution in [0.1, 0.15) is 49.7 Å². The van der Waals surface area contributed by atoms with E-state index in [0.717, 1.165) is 36.1 Å². The third-order valence-electron chi connectivity index (χ3n) is 6.66. The number of urea groups is 1. The Morgan fingerprint density at radius 1 is 1.08 bits per heavy atom. The van der Waals surface area contributed by atoms with Gasteiger partial charge in [0.05, 0.1) is 31.5 Å². The van der Waals surface area contributed by atoms with Gasteiger partial charge in [-0.3, -0.25) is 4.79 Å². The number of rotatable bonds is 11. The summed E-state index contributed by atoms with van der Waals surface area (Å²) < 4.78 is 15.9. The van der Waals surface area contributed by atoms with Gasteiger partial charge in [0.1, 0.15) is 0 Å². The molecule has 8 heteroatoms. The number of nitrogens with one attached hydrogen (secondary N) is 2. The molecule has 0 aliphatic carbocycles. The molecular formula is C28H39N3O5. The zero-order chi connectivity index (χ0) is 25.9. The highest BCUT2D eigenvalue weighted by molar-refractivity contribution is 6.02. The van der Waals surface area contributed by atoms with E-state index in [1.807, 2.05) is 50.2 Å². The number of anilines is 3. The number of carbonyl (C=O) groups is 2. The normalized spacial score (nSPS) is 14.7. The monoisotopic (exact) mass is 497 g/mol. The molecule has 3 rings (SSSR count). The van der Waals surface area contributed by atoms with E-state index in [-0.39, 0.29) is 30.4 Å². The van der Waals surface area contributed by atoms with Crippen molar-refractivity contribution in [3.8, 4) is 0 Å². The fraction of sp³-hybridized carbons (Fsp3) is 0.500. The van der Waals surface area contributed by atoms with Crippen LogP contribution in [0.25, 0.3) is 0 Å². The largest absolute Gasteiger partial charge is 0.469 e. The summed E-state index contributed by atoms with van der Waals surface area (Å²) >= 11 is 0. The van der Waals surface area contributed by atoms with E-state index in [1.165, 1.54) is 7.11 Å². The molecule has 2 N–H and O–H groups in total. The van der Waals surface area contributed by atoms with Crippen molar-refractivity contribution in [2.75, 3.05) is 56.1 Å². The third kappa shape index (κ3) is 7.70. The lowest BCUT2D eigenvalue weighted by molar-refractivity contribution is -0.141. The molecule has 196 valence electrons. The van der Waals surface area contributed by atoms with E-state index >= 15 is 0 Å². The van der Waals surface area contributed by atoms with Gasteiger partial charge in [-0.1, -0.05) is 30.7 Å². The van der Waals surface area contributed by atoms with Crippen molar-refractivity contribution in [3.63, 3.8) is 0 Å². The number of esters is 1. The van der Waals surface area contributed by atoms with Gasteiger partial charge in [0.15, 0.2) is 0 Å². The minimum Gasteiger partial charge on any atom is -0.469 e. The quantitative estimate of drug-likeness (QED) is 0.408. The van der Waals surface area contributed by atoms with Crippen LogP contribution in [0.4, 0.5) is 21.9 Å². The van der Waals surface area contributed by atoms with Crippen molar-refractivity contribution >= 4 is 29.1 Å². The molecule has 2 amide bonds. The van der Waals surface area contributed by atoms with Gasteiger partial charge in [-0.25, -0.2) is 4.79 Å². The van der Waals surface area contributed by atoms with Crippen LogP contribution < -0.4 is 15.5 Å². The third-order valence-corrected chi connectivity index (χ3v) is 6.66. The molecule has 1 atom stereocenters. The zero-order valence-corrected chi connectivity index (χ0v) is 21.8. The lowest BCUT2D eigenvalue weighted by atomic mass is 9.92. The summed E-state index contributed by atoms with van der Waals surface area (Å²) in [4.78, 5) is 27.4. The molecule has 0 radical (unpaired) electrons. The zero-order valence-electron chi connectivity index (χ0n) is 21.8. The van der Waals surface area contributed by atoms with Gasteiger partial charge in [0.25, 0.3) is 0 Å². The van der Waals surface area contributed by atoms with Crippen molar-refractivity contribution in [1.29, 1.82) is 0 Å². The Hall–Kier alpha value is -3.10. The van der Waals surface area contributed by atoms with Gasteiger partial charge in [-0.15, -0.1) is 0 Å². The maximum atomic E-state index is 13.0. The Labute approximate surface area is 214 Å². The fourth-order valence-electron chi connectivity index (χ4n) is 4.55. The molecule has 1 unspecified atom stereocenters. The van der Waals surface area contributed by atoms with Crippen LogP contribution in [0.15, 0.2) is 42.5 Å². The standard InChI is InChI=1S/C28H39N3O5/c1-5-21(19-27(32)35-4)22-8-11-26(31(14-17-34-3)24-12-15-36-16-13-24)25(18-22)30-28(33)29-23-9-6-20(2)7-10-23/h6-11,18,21,24H,5,12-17,19H2,1-4H3,(H2,29,30,33).